The van der Waals surface area contributed by atoms with E-state index in [-0.39, 0.29) is 40.8 Å². The number of rotatable bonds is 5. The van der Waals surface area contributed by atoms with Crippen LogP contribution in [0.4, 0.5) is 0 Å². The summed E-state index contributed by atoms with van der Waals surface area (Å²) in [5, 5.41) is 6.91. The van der Waals surface area contributed by atoms with Crippen molar-refractivity contribution in [1.82, 2.24) is 5.01 Å². The second kappa shape index (κ2) is 10.7. The smallest absolute Gasteiger partial charge is 0.247 e. The van der Waals surface area contributed by atoms with Crippen molar-refractivity contribution >= 4 is 34.8 Å². The summed E-state index contributed by atoms with van der Waals surface area (Å²) in [6, 6.07) is 0.0808. The van der Waals surface area contributed by atoms with Gasteiger partial charge in [-0.15, -0.1) is 23.2 Å². The van der Waals surface area contributed by atoms with E-state index in [1.165, 1.54) is 12.8 Å². The normalized spacial score (nSPS) is 41.8. The predicted molar refractivity (Wildman–Crippen MR) is 125 cm³/mol. The number of methoxy groups -OCH3 is 2. The van der Waals surface area contributed by atoms with E-state index >= 15 is 0 Å². The van der Waals surface area contributed by atoms with Gasteiger partial charge in [-0.05, 0) is 50.9 Å². The largest absolute Gasteiger partial charge is 0.379 e. The summed E-state index contributed by atoms with van der Waals surface area (Å²) >= 11 is 13.4. The van der Waals surface area contributed by atoms with Gasteiger partial charge >= 0.3 is 0 Å². The number of hydrogen-bond acceptors (Lipinski definition) is 4. The van der Waals surface area contributed by atoms with Gasteiger partial charge in [0.05, 0.1) is 24.2 Å². The van der Waals surface area contributed by atoms with Gasteiger partial charge in [0, 0.05) is 43.0 Å². The summed E-state index contributed by atoms with van der Waals surface area (Å²) in [6.07, 6.45) is 12.4. The zero-order valence-corrected chi connectivity index (χ0v) is 20.5. The van der Waals surface area contributed by atoms with Crippen LogP contribution in [-0.2, 0) is 14.3 Å². The fraction of sp³-hybridized carbons (Fsp3) is 0.917. The van der Waals surface area contributed by atoms with E-state index in [9.17, 15) is 4.79 Å². The summed E-state index contributed by atoms with van der Waals surface area (Å²) in [7, 11) is 3.52. The molecule has 0 spiro atoms. The Hall–Kier alpha value is -0.360. The molecule has 0 N–H and O–H groups in total. The van der Waals surface area contributed by atoms with Crippen LogP contribution in [0.15, 0.2) is 5.10 Å². The number of carbonyl (C=O) groups is 1. The minimum absolute atomic E-state index is 0.0747. The Morgan fingerprint density at radius 2 is 1.58 bits per heavy atom. The number of alkyl halides is 2. The highest BCUT2D eigenvalue weighted by molar-refractivity contribution is 6.22. The molecule has 1 aliphatic heterocycles. The van der Waals surface area contributed by atoms with Gasteiger partial charge in [-0.2, -0.15) is 5.10 Å². The Balaban J connectivity index is 1.55. The van der Waals surface area contributed by atoms with Crippen LogP contribution in [0.3, 0.4) is 0 Å². The number of halogens is 2. The molecule has 0 radical (unpaired) electrons. The second-order valence-corrected chi connectivity index (χ2v) is 11.1. The molecule has 176 valence electrons. The maximum absolute atomic E-state index is 13.7. The number of hydrazone groups is 1. The molecule has 7 heteroatoms. The van der Waals surface area contributed by atoms with Crippen LogP contribution in [-0.4, -0.2) is 59.9 Å². The first-order chi connectivity index (χ1) is 15.0. The minimum atomic E-state index is -0.116. The van der Waals surface area contributed by atoms with Crippen molar-refractivity contribution < 1.29 is 14.3 Å². The van der Waals surface area contributed by atoms with Gasteiger partial charge in [-0.25, -0.2) is 5.01 Å². The SMILES string of the molecule is COC1CCC(C2=NN(C(=O)C3CCCCC3Cl)C(C3CCCCC3Cl)C2)CC1OC. The fourth-order valence-corrected chi connectivity index (χ4v) is 7.19. The molecule has 8 unspecified atom stereocenters. The van der Waals surface area contributed by atoms with Gasteiger partial charge in [0.25, 0.3) is 0 Å². The van der Waals surface area contributed by atoms with Gasteiger partial charge in [-0.1, -0.05) is 25.7 Å². The summed E-state index contributed by atoms with van der Waals surface area (Å²) in [5.41, 5.74) is 1.16. The van der Waals surface area contributed by atoms with Crippen LogP contribution in [0.25, 0.3) is 0 Å². The molecule has 3 saturated carbocycles. The Bertz CT molecular complexity index is 661. The lowest BCUT2D eigenvalue weighted by Gasteiger charge is -2.37. The Labute approximate surface area is 197 Å². The zero-order chi connectivity index (χ0) is 22.0. The Kier molecular flexibility index (Phi) is 8.22. The third-order valence-corrected chi connectivity index (χ3v) is 9.29. The molecule has 5 nitrogen and oxygen atoms in total. The topological polar surface area (TPSA) is 51.1 Å². The van der Waals surface area contributed by atoms with Crippen molar-refractivity contribution in [2.75, 3.05) is 14.2 Å². The number of nitrogens with zero attached hydrogens (tertiary/aromatic N) is 2. The first-order valence-electron chi connectivity index (χ1n) is 12.3. The molecule has 31 heavy (non-hydrogen) atoms. The highest BCUT2D eigenvalue weighted by Gasteiger charge is 2.46. The Morgan fingerprint density at radius 1 is 0.903 bits per heavy atom. The predicted octanol–water partition coefficient (Wildman–Crippen LogP) is 5.37. The van der Waals surface area contributed by atoms with Crippen molar-refractivity contribution in [3.05, 3.63) is 0 Å². The fourth-order valence-electron chi connectivity index (χ4n) is 6.35. The molecule has 4 rings (SSSR count). The van der Waals surface area contributed by atoms with Crippen molar-refractivity contribution in [2.45, 2.75) is 106 Å². The van der Waals surface area contributed by atoms with Crippen molar-refractivity contribution in [1.29, 1.82) is 0 Å². The first-order valence-corrected chi connectivity index (χ1v) is 13.1. The quantitative estimate of drug-likeness (QED) is 0.505. The highest BCUT2D eigenvalue weighted by Crippen LogP contribution is 2.41. The lowest BCUT2D eigenvalue weighted by Crippen LogP contribution is -2.46. The molecule has 1 amide bonds. The van der Waals surface area contributed by atoms with Crippen LogP contribution >= 0.6 is 23.2 Å². The van der Waals surface area contributed by atoms with E-state index in [1.807, 2.05) is 5.01 Å². The summed E-state index contributed by atoms with van der Waals surface area (Å²) in [5.74, 6) is 0.663. The molecule has 3 aliphatic carbocycles. The van der Waals surface area contributed by atoms with Gasteiger partial charge in [-0.3, -0.25) is 4.79 Å². The molecule has 4 aliphatic rings. The highest BCUT2D eigenvalue weighted by atomic mass is 35.5. The van der Waals surface area contributed by atoms with Crippen LogP contribution in [0.2, 0.25) is 0 Å². The molecule has 3 fully saturated rings. The van der Waals surface area contributed by atoms with Crippen LogP contribution in [0, 0.1) is 17.8 Å². The molecule has 0 aromatic rings. The number of carbonyl (C=O) groups excluding carboxylic acids is 1. The van der Waals surface area contributed by atoms with Crippen molar-refractivity contribution in [3.63, 3.8) is 0 Å². The van der Waals surface area contributed by atoms with E-state index in [2.05, 4.69) is 0 Å². The van der Waals surface area contributed by atoms with Gasteiger partial charge < -0.3 is 9.47 Å². The lowest BCUT2D eigenvalue weighted by atomic mass is 9.77. The Morgan fingerprint density at radius 3 is 2.26 bits per heavy atom. The van der Waals surface area contributed by atoms with Crippen molar-refractivity contribution in [3.8, 4) is 0 Å². The molecular weight excluding hydrogens is 435 g/mol. The van der Waals surface area contributed by atoms with Gasteiger partial charge in [0.2, 0.25) is 5.91 Å². The minimum Gasteiger partial charge on any atom is -0.379 e. The average Bonchev–Trinajstić information content (AvgIpc) is 3.24. The maximum Gasteiger partial charge on any atom is 0.247 e. The second-order valence-electron chi connectivity index (χ2n) is 9.98. The third-order valence-electron chi connectivity index (χ3n) is 8.23. The average molecular weight is 473 g/mol. The summed E-state index contributed by atoms with van der Waals surface area (Å²) in [6.45, 7) is 0. The van der Waals surface area contributed by atoms with E-state index in [0.29, 0.717) is 11.8 Å². The molecule has 0 aromatic carbocycles. The molecule has 0 aromatic heterocycles. The van der Waals surface area contributed by atoms with Crippen molar-refractivity contribution in [2.24, 2.45) is 22.9 Å². The van der Waals surface area contributed by atoms with E-state index in [0.717, 1.165) is 69.9 Å². The molecule has 8 atom stereocenters. The van der Waals surface area contributed by atoms with Gasteiger partial charge in [0.1, 0.15) is 0 Å². The van der Waals surface area contributed by atoms with E-state index < -0.39 is 0 Å². The van der Waals surface area contributed by atoms with Gasteiger partial charge in [0.15, 0.2) is 0 Å². The maximum atomic E-state index is 13.7. The van der Waals surface area contributed by atoms with E-state index in [4.69, 9.17) is 37.8 Å². The lowest BCUT2D eigenvalue weighted by molar-refractivity contribution is -0.139. The summed E-state index contributed by atoms with van der Waals surface area (Å²) < 4.78 is 11.4. The van der Waals surface area contributed by atoms with Crippen LogP contribution < -0.4 is 0 Å². The van der Waals surface area contributed by atoms with E-state index in [1.54, 1.807) is 14.2 Å². The first kappa shape index (κ1) is 23.8. The number of amides is 1. The van der Waals surface area contributed by atoms with Crippen LogP contribution in [0.1, 0.15) is 77.0 Å². The number of hydrogen-bond donors (Lipinski definition) is 0. The third kappa shape index (κ3) is 5.10. The monoisotopic (exact) mass is 472 g/mol. The number of ether oxygens (including phenoxy) is 2. The zero-order valence-electron chi connectivity index (χ0n) is 19.0. The molecular formula is C24H38Cl2N2O3. The molecule has 0 saturated heterocycles. The summed E-state index contributed by atoms with van der Waals surface area (Å²) in [4.78, 5) is 13.7. The molecule has 0 bridgehead atoms. The standard InChI is InChI=1S/C24H38Cl2N2O3/c1-30-22-12-11-15(13-23(22)31-2)20-14-21(16-7-3-5-9-18(16)25)28(27-20)24(29)17-8-4-6-10-19(17)26/h15-19,21-23H,3-14H2,1-2H3. The van der Waals surface area contributed by atoms with Crippen LogP contribution in [0.5, 0.6) is 0 Å². The molecule has 1 heterocycles.